The van der Waals surface area contributed by atoms with Crippen molar-refractivity contribution < 1.29 is 9.18 Å². The second-order valence-electron chi connectivity index (χ2n) is 3.40. The van der Waals surface area contributed by atoms with Crippen molar-refractivity contribution in [2.45, 2.75) is 13.5 Å². The molecule has 0 bridgehead atoms. The zero-order valence-corrected chi connectivity index (χ0v) is 9.92. The molecule has 2 heterocycles. The predicted molar refractivity (Wildman–Crippen MR) is 62.2 cm³/mol. The first kappa shape index (κ1) is 11.7. The summed E-state index contributed by atoms with van der Waals surface area (Å²) in [6.07, 6.45) is 1.38. The van der Waals surface area contributed by atoms with Crippen molar-refractivity contribution in [2.24, 2.45) is 0 Å². The fourth-order valence-corrected chi connectivity index (χ4v) is 1.99. The Bertz CT molecular complexity index is 541. The first-order valence-corrected chi connectivity index (χ1v) is 5.84. The van der Waals surface area contributed by atoms with E-state index in [-0.39, 0.29) is 12.2 Å². The number of nitrogens with zero attached hydrogens (tertiary/aromatic N) is 2. The molecular weight excluding hydrogens is 241 g/mol. The highest BCUT2D eigenvalue weighted by molar-refractivity contribution is 7.09. The van der Waals surface area contributed by atoms with E-state index in [0.717, 1.165) is 10.7 Å². The molecule has 88 valence electrons. The van der Waals surface area contributed by atoms with Gasteiger partial charge in [-0.1, -0.05) is 0 Å². The molecule has 0 aliphatic heterocycles. The number of hydrogen-bond acceptors (Lipinski definition) is 4. The number of halogens is 1. The highest BCUT2D eigenvalue weighted by atomic mass is 32.1. The Balaban J connectivity index is 2.01. The van der Waals surface area contributed by atoms with Crippen molar-refractivity contribution in [3.05, 3.63) is 45.9 Å². The molecule has 0 aliphatic carbocycles. The van der Waals surface area contributed by atoms with E-state index < -0.39 is 11.7 Å². The average molecular weight is 251 g/mol. The number of aryl methyl sites for hydroxylation is 1. The van der Waals surface area contributed by atoms with Crippen molar-refractivity contribution in [3.63, 3.8) is 0 Å². The quantitative estimate of drug-likeness (QED) is 0.906. The third-order valence-electron chi connectivity index (χ3n) is 2.04. The van der Waals surface area contributed by atoms with Crippen LogP contribution < -0.4 is 5.32 Å². The number of thiazole rings is 1. The zero-order valence-electron chi connectivity index (χ0n) is 9.11. The Hall–Kier alpha value is -1.82. The van der Waals surface area contributed by atoms with Crippen molar-refractivity contribution >= 4 is 17.2 Å². The number of rotatable bonds is 3. The smallest absolute Gasteiger partial charge is 0.273 e. The van der Waals surface area contributed by atoms with E-state index in [1.54, 1.807) is 0 Å². The topological polar surface area (TPSA) is 54.9 Å². The lowest BCUT2D eigenvalue weighted by molar-refractivity contribution is 0.0941. The molecule has 0 unspecified atom stereocenters. The van der Waals surface area contributed by atoms with Gasteiger partial charge in [-0.05, 0) is 19.1 Å². The van der Waals surface area contributed by atoms with Gasteiger partial charge >= 0.3 is 0 Å². The van der Waals surface area contributed by atoms with E-state index in [1.807, 2.05) is 12.3 Å². The summed E-state index contributed by atoms with van der Waals surface area (Å²) in [5.74, 6) is -1.16. The Morgan fingerprint density at radius 1 is 1.59 bits per heavy atom. The van der Waals surface area contributed by atoms with Crippen molar-refractivity contribution in [1.82, 2.24) is 15.3 Å². The van der Waals surface area contributed by atoms with Crippen LogP contribution in [0.4, 0.5) is 4.39 Å². The Kier molecular flexibility index (Phi) is 3.43. The molecule has 2 aromatic rings. The van der Waals surface area contributed by atoms with Gasteiger partial charge in [-0.15, -0.1) is 11.3 Å². The fourth-order valence-electron chi connectivity index (χ4n) is 1.28. The maximum atomic E-state index is 13.2. The number of aromatic nitrogens is 2. The summed E-state index contributed by atoms with van der Waals surface area (Å²) in [4.78, 5) is 19.5. The molecule has 0 atom stereocenters. The molecule has 2 rings (SSSR count). The van der Waals surface area contributed by atoms with Crippen LogP contribution in [0.3, 0.4) is 0 Å². The molecular formula is C11H10FN3OS. The first-order chi connectivity index (χ1) is 8.16. The minimum atomic E-state index is -0.625. The number of carbonyl (C=O) groups excluding carboxylic acids is 1. The van der Waals surface area contributed by atoms with Crippen LogP contribution in [0.25, 0.3) is 0 Å². The Labute approximate surface area is 102 Å². The van der Waals surface area contributed by atoms with Crippen LogP contribution in [0.5, 0.6) is 0 Å². The molecule has 2 aromatic heterocycles. The lowest BCUT2D eigenvalue weighted by atomic mass is 10.3. The largest absolute Gasteiger partial charge is 0.344 e. The van der Waals surface area contributed by atoms with E-state index in [2.05, 4.69) is 15.3 Å². The van der Waals surface area contributed by atoms with Gasteiger partial charge in [0.15, 0.2) is 11.5 Å². The zero-order chi connectivity index (χ0) is 12.3. The molecule has 0 saturated carbocycles. The van der Waals surface area contributed by atoms with Gasteiger partial charge in [-0.2, -0.15) is 0 Å². The number of pyridine rings is 1. The Morgan fingerprint density at radius 2 is 2.41 bits per heavy atom. The molecule has 0 aromatic carbocycles. The van der Waals surface area contributed by atoms with Crippen molar-refractivity contribution in [3.8, 4) is 0 Å². The molecule has 6 heteroatoms. The lowest BCUT2D eigenvalue weighted by Crippen LogP contribution is -2.24. The summed E-state index contributed by atoms with van der Waals surface area (Å²) in [5.41, 5.74) is 0.712. The lowest BCUT2D eigenvalue weighted by Gasteiger charge is -2.02. The summed E-state index contributed by atoms with van der Waals surface area (Å²) in [6.45, 7) is 2.16. The van der Waals surface area contributed by atoms with Crippen LogP contribution in [0.15, 0.2) is 23.7 Å². The highest BCUT2D eigenvalue weighted by Gasteiger charge is 2.12. The SMILES string of the molecule is Cc1csc(CNC(=O)c2ncccc2F)n1. The van der Waals surface area contributed by atoms with E-state index in [0.29, 0.717) is 0 Å². The van der Waals surface area contributed by atoms with E-state index in [1.165, 1.54) is 29.7 Å². The number of carbonyl (C=O) groups is 1. The van der Waals surface area contributed by atoms with Gasteiger partial charge in [0.1, 0.15) is 5.01 Å². The number of hydrogen-bond donors (Lipinski definition) is 1. The molecule has 1 amide bonds. The summed E-state index contributed by atoms with van der Waals surface area (Å²) in [5, 5.41) is 5.25. The number of amides is 1. The van der Waals surface area contributed by atoms with Gasteiger partial charge in [-0.25, -0.2) is 14.4 Å². The molecule has 0 aliphatic rings. The number of nitrogens with one attached hydrogen (secondary N) is 1. The van der Waals surface area contributed by atoms with Gasteiger partial charge in [0.25, 0.3) is 5.91 Å². The molecule has 0 spiro atoms. The third-order valence-corrected chi connectivity index (χ3v) is 3.01. The standard InChI is InChI=1S/C11H10FN3OS/c1-7-6-17-9(15-7)5-14-11(16)10-8(12)3-2-4-13-10/h2-4,6H,5H2,1H3,(H,14,16). The summed E-state index contributed by atoms with van der Waals surface area (Å²) < 4.78 is 13.2. The van der Waals surface area contributed by atoms with Crippen LogP contribution in [0.1, 0.15) is 21.2 Å². The Morgan fingerprint density at radius 3 is 3.06 bits per heavy atom. The van der Waals surface area contributed by atoms with E-state index in [9.17, 15) is 9.18 Å². The van der Waals surface area contributed by atoms with Gasteiger partial charge in [0, 0.05) is 17.3 Å². The van der Waals surface area contributed by atoms with Crippen LogP contribution in [-0.2, 0) is 6.54 Å². The second kappa shape index (κ2) is 5.01. The third kappa shape index (κ3) is 2.85. The van der Waals surface area contributed by atoms with Crippen LogP contribution >= 0.6 is 11.3 Å². The van der Waals surface area contributed by atoms with Gasteiger partial charge < -0.3 is 5.32 Å². The second-order valence-corrected chi connectivity index (χ2v) is 4.34. The van der Waals surface area contributed by atoms with Gasteiger partial charge in [0.2, 0.25) is 0 Å². The summed E-state index contributed by atoms with van der Waals surface area (Å²) >= 11 is 1.45. The highest BCUT2D eigenvalue weighted by Crippen LogP contribution is 2.08. The van der Waals surface area contributed by atoms with Crippen molar-refractivity contribution in [2.75, 3.05) is 0 Å². The van der Waals surface area contributed by atoms with E-state index in [4.69, 9.17) is 0 Å². The predicted octanol–water partition coefficient (Wildman–Crippen LogP) is 1.92. The van der Waals surface area contributed by atoms with Crippen LogP contribution in [0.2, 0.25) is 0 Å². The van der Waals surface area contributed by atoms with E-state index >= 15 is 0 Å². The normalized spacial score (nSPS) is 10.2. The van der Waals surface area contributed by atoms with Crippen LogP contribution in [0, 0.1) is 12.7 Å². The monoisotopic (exact) mass is 251 g/mol. The summed E-state index contributed by atoms with van der Waals surface area (Å²) in [7, 11) is 0. The fraction of sp³-hybridized carbons (Fsp3) is 0.182. The molecule has 0 radical (unpaired) electrons. The first-order valence-electron chi connectivity index (χ1n) is 4.96. The minimum absolute atomic E-state index is 0.194. The van der Waals surface area contributed by atoms with Gasteiger partial charge in [0.05, 0.1) is 6.54 Å². The molecule has 4 nitrogen and oxygen atoms in total. The maximum Gasteiger partial charge on any atom is 0.273 e. The molecule has 0 fully saturated rings. The van der Waals surface area contributed by atoms with Crippen LogP contribution in [-0.4, -0.2) is 15.9 Å². The van der Waals surface area contributed by atoms with Crippen molar-refractivity contribution in [1.29, 1.82) is 0 Å². The maximum absolute atomic E-state index is 13.2. The molecule has 0 saturated heterocycles. The molecule has 1 N–H and O–H groups in total. The summed E-state index contributed by atoms with van der Waals surface area (Å²) in [6, 6.07) is 2.64. The van der Waals surface area contributed by atoms with Gasteiger partial charge in [-0.3, -0.25) is 4.79 Å². The minimum Gasteiger partial charge on any atom is -0.344 e. The average Bonchev–Trinajstić information content (AvgIpc) is 2.73. The molecule has 17 heavy (non-hydrogen) atoms.